The van der Waals surface area contributed by atoms with Crippen molar-refractivity contribution < 1.29 is 9.13 Å². The van der Waals surface area contributed by atoms with Crippen LogP contribution in [-0.4, -0.2) is 35.6 Å². The maximum Gasteiger partial charge on any atom is 0.333 e. The summed E-state index contributed by atoms with van der Waals surface area (Å²) in [4.78, 5) is 29.1. The molecule has 0 amide bonds. The van der Waals surface area contributed by atoms with Crippen LogP contribution in [0.25, 0.3) is 5.52 Å². The maximum absolute atomic E-state index is 15.1. The molecule has 2 atom stereocenters. The quantitative estimate of drug-likeness (QED) is 0.811. The summed E-state index contributed by atoms with van der Waals surface area (Å²) in [5.41, 5.74) is 6.58. The second-order valence-electron chi connectivity index (χ2n) is 8.43. The molecule has 2 aromatic heterocycles. The largest absolute Gasteiger partial charge is 0.492 e. The predicted octanol–water partition coefficient (Wildman–Crippen LogP) is 1.58. The highest BCUT2D eigenvalue weighted by Gasteiger charge is 2.39. The Morgan fingerprint density at radius 3 is 2.61 bits per heavy atom. The molecule has 8 heteroatoms. The highest BCUT2D eigenvalue weighted by molar-refractivity contribution is 5.78. The van der Waals surface area contributed by atoms with E-state index in [1.165, 1.54) is 30.5 Å². The molecule has 0 radical (unpaired) electrons. The van der Waals surface area contributed by atoms with E-state index in [9.17, 15) is 9.59 Å². The Morgan fingerprint density at radius 1 is 1.21 bits per heavy atom. The summed E-state index contributed by atoms with van der Waals surface area (Å²) in [5, 5.41) is 0. The standard InChI is InChI=1S/C20H25FN4O3/c1-28-18-16(24-7-6-12(8-24)15(22)11-4-5-11)13(21)9-25-17(18)14(10-2-3-10)19(26)23-20(25)27/h9-12,15H,2-8,22H2,1H3,(H,23,26,27). The van der Waals surface area contributed by atoms with E-state index in [1.807, 2.05) is 4.90 Å². The van der Waals surface area contributed by atoms with Crippen LogP contribution in [0.15, 0.2) is 15.8 Å². The monoisotopic (exact) mass is 388 g/mol. The predicted molar refractivity (Wildman–Crippen MR) is 104 cm³/mol. The molecule has 7 nitrogen and oxygen atoms in total. The van der Waals surface area contributed by atoms with E-state index in [0.29, 0.717) is 41.7 Å². The first-order chi connectivity index (χ1) is 13.5. The molecule has 1 saturated heterocycles. The molecule has 3 N–H and O–H groups in total. The van der Waals surface area contributed by atoms with Crippen molar-refractivity contribution in [3.63, 3.8) is 0 Å². The smallest absolute Gasteiger partial charge is 0.333 e. The number of rotatable bonds is 5. The fourth-order valence-corrected chi connectivity index (χ4v) is 4.72. The molecule has 1 aliphatic heterocycles. The van der Waals surface area contributed by atoms with E-state index >= 15 is 4.39 Å². The zero-order chi connectivity index (χ0) is 19.6. The second-order valence-corrected chi connectivity index (χ2v) is 8.43. The van der Waals surface area contributed by atoms with E-state index in [-0.39, 0.29) is 17.7 Å². The maximum atomic E-state index is 15.1. The number of anilines is 1. The van der Waals surface area contributed by atoms with Gasteiger partial charge < -0.3 is 15.4 Å². The molecular weight excluding hydrogens is 363 g/mol. The molecule has 28 heavy (non-hydrogen) atoms. The van der Waals surface area contributed by atoms with Gasteiger partial charge in [0.25, 0.3) is 5.56 Å². The van der Waals surface area contributed by atoms with Gasteiger partial charge in [0.2, 0.25) is 0 Å². The van der Waals surface area contributed by atoms with Gasteiger partial charge in [0.1, 0.15) is 11.2 Å². The van der Waals surface area contributed by atoms with Crippen molar-refractivity contribution in [1.29, 1.82) is 0 Å². The number of fused-ring (bicyclic) bond motifs is 1. The van der Waals surface area contributed by atoms with Gasteiger partial charge in [-0.1, -0.05) is 0 Å². The van der Waals surface area contributed by atoms with Crippen molar-refractivity contribution in [3.8, 4) is 5.75 Å². The van der Waals surface area contributed by atoms with Crippen LogP contribution in [0.3, 0.4) is 0 Å². The number of aromatic nitrogens is 2. The lowest BCUT2D eigenvalue weighted by Gasteiger charge is -2.25. The third kappa shape index (κ3) is 2.73. The number of hydrogen-bond donors (Lipinski definition) is 2. The van der Waals surface area contributed by atoms with Crippen LogP contribution in [0.4, 0.5) is 10.1 Å². The first-order valence-electron chi connectivity index (χ1n) is 10.0. The van der Waals surface area contributed by atoms with Crippen molar-refractivity contribution in [2.45, 2.75) is 44.1 Å². The Kier molecular flexibility index (Phi) is 4.01. The minimum Gasteiger partial charge on any atom is -0.492 e. The molecule has 3 aliphatic rings. The Morgan fingerprint density at radius 2 is 1.96 bits per heavy atom. The van der Waals surface area contributed by atoms with Gasteiger partial charge in [0.15, 0.2) is 11.6 Å². The fraction of sp³-hybridized carbons (Fsp3) is 0.600. The minimum absolute atomic E-state index is 0.0844. The van der Waals surface area contributed by atoms with Gasteiger partial charge in [-0.25, -0.2) is 9.18 Å². The third-order valence-electron chi connectivity index (χ3n) is 6.52. The number of nitrogens with zero attached hydrogens (tertiary/aromatic N) is 2. The Bertz CT molecular complexity index is 1050. The lowest BCUT2D eigenvalue weighted by Crippen LogP contribution is -2.35. The van der Waals surface area contributed by atoms with Crippen LogP contribution in [0.1, 0.15) is 43.6 Å². The zero-order valence-corrected chi connectivity index (χ0v) is 15.9. The molecule has 2 unspecified atom stereocenters. The van der Waals surface area contributed by atoms with E-state index in [1.54, 1.807) is 0 Å². The van der Waals surface area contributed by atoms with Crippen LogP contribution >= 0.6 is 0 Å². The summed E-state index contributed by atoms with van der Waals surface area (Å²) < 4.78 is 21.9. The second kappa shape index (κ2) is 6.34. The molecule has 5 rings (SSSR count). The molecule has 3 fully saturated rings. The SMILES string of the molecule is COc1c(N2CCC(C(N)C3CC3)C2)c(F)cn2c(=O)[nH]c(=O)c(C3CC3)c12. The van der Waals surface area contributed by atoms with Crippen LogP contribution in [0.5, 0.6) is 5.75 Å². The Labute approximate surface area is 161 Å². The summed E-state index contributed by atoms with van der Waals surface area (Å²) in [6.07, 6.45) is 6.21. The summed E-state index contributed by atoms with van der Waals surface area (Å²) in [6.45, 7) is 1.34. The van der Waals surface area contributed by atoms with Gasteiger partial charge in [0.05, 0.1) is 13.3 Å². The van der Waals surface area contributed by atoms with Gasteiger partial charge in [-0.2, -0.15) is 0 Å². The molecule has 150 valence electrons. The topological polar surface area (TPSA) is 92.8 Å². The van der Waals surface area contributed by atoms with Gasteiger partial charge in [0, 0.05) is 24.7 Å². The zero-order valence-electron chi connectivity index (χ0n) is 15.9. The number of halogens is 1. The number of nitrogens with one attached hydrogen (secondary N) is 1. The lowest BCUT2D eigenvalue weighted by molar-refractivity contribution is 0.408. The molecule has 2 saturated carbocycles. The van der Waals surface area contributed by atoms with Gasteiger partial charge in [-0.05, 0) is 49.9 Å². The molecule has 2 aromatic rings. The van der Waals surface area contributed by atoms with E-state index in [4.69, 9.17) is 10.5 Å². The van der Waals surface area contributed by atoms with Crippen molar-refractivity contribution in [1.82, 2.24) is 9.38 Å². The van der Waals surface area contributed by atoms with Crippen LogP contribution in [0, 0.1) is 17.7 Å². The average molecular weight is 388 g/mol. The molecule has 2 aliphatic carbocycles. The van der Waals surface area contributed by atoms with Gasteiger partial charge in [-0.15, -0.1) is 0 Å². The average Bonchev–Trinajstić information content (AvgIpc) is 3.59. The van der Waals surface area contributed by atoms with Gasteiger partial charge in [-0.3, -0.25) is 14.2 Å². The third-order valence-corrected chi connectivity index (χ3v) is 6.52. The fourth-order valence-electron chi connectivity index (χ4n) is 4.72. The molecule has 0 bridgehead atoms. The normalized spacial score (nSPS) is 23.4. The highest BCUT2D eigenvalue weighted by Crippen LogP contribution is 2.46. The number of hydrogen-bond acceptors (Lipinski definition) is 5. The Hall–Kier alpha value is -2.35. The summed E-state index contributed by atoms with van der Waals surface area (Å²) in [5.74, 6) is 0.733. The molecule has 0 aromatic carbocycles. The number of nitrogens with two attached hydrogens (primary N) is 1. The number of ether oxygens (including phenoxy) is 1. The number of H-pyrrole nitrogens is 1. The Balaban J connectivity index is 1.65. The first kappa shape index (κ1) is 17.7. The number of pyridine rings is 1. The van der Waals surface area contributed by atoms with Crippen LogP contribution in [-0.2, 0) is 0 Å². The van der Waals surface area contributed by atoms with Crippen molar-refractivity contribution in [2.75, 3.05) is 25.1 Å². The highest BCUT2D eigenvalue weighted by atomic mass is 19.1. The molecule has 0 spiro atoms. The lowest BCUT2D eigenvalue weighted by atomic mass is 9.96. The number of methoxy groups -OCH3 is 1. The summed E-state index contributed by atoms with van der Waals surface area (Å²) in [6, 6.07) is 0.145. The van der Waals surface area contributed by atoms with Crippen molar-refractivity contribution >= 4 is 11.2 Å². The van der Waals surface area contributed by atoms with E-state index in [0.717, 1.165) is 19.3 Å². The van der Waals surface area contributed by atoms with E-state index < -0.39 is 17.1 Å². The summed E-state index contributed by atoms with van der Waals surface area (Å²) >= 11 is 0. The van der Waals surface area contributed by atoms with Crippen molar-refractivity contribution in [3.05, 3.63) is 38.4 Å². The number of aromatic amines is 1. The van der Waals surface area contributed by atoms with Crippen LogP contribution < -0.4 is 26.6 Å². The van der Waals surface area contributed by atoms with Crippen LogP contribution in [0.2, 0.25) is 0 Å². The van der Waals surface area contributed by atoms with Crippen molar-refractivity contribution in [2.24, 2.45) is 17.6 Å². The minimum atomic E-state index is -0.650. The van der Waals surface area contributed by atoms with E-state index in [2.05, 4.69) is 4.98 Å². The molecule has 3 heterocycles. The molecular formula is C20H25FN4O3. The first-order valence-corrected chi connectivity index (χ1v) is 10.0. The van der Waals surface area contributed by atoms with Gasteiger partial charge >= 0.3 is 5.69 Å². The summed E-state index contributed by atoms with van der Waals surface area (Å²) in [7, 11) is 1.46.